The molecule has 0 atom stereocenters. The molecular weight excluding hydrogens is 304 g/mol. The molecule has 3 aromatic rings. The van der Waals surface area contributed by atoms with Gasteiger partial charge in [0.1, 0.15) is 18.1 Å². The molecule has 0 unspecified atom stereocenters. The number of methoxy groups -OCH3 is 1. The van der Waals surface area contributed by atoms with Gasteiger partial charge >= 0.3 is 0 Å². The predicted molar refractivity (Wildman–Crippen MR) is 93.2 cm³/mol. The van der Waals surface area contributed by atoms with Gasteiger partial charge < -0.3 is 9.30 Å². The van der Waals surface area contributed by atoms with E-state index in [1.807, 2.05) is 60.0 Å². The molecule has 0 aliphatic heterocycles. The van der Waals surface area contributed by atoms with Crippen molar-refractivity contribution in [3.05, 3.63) is 59.9 Å². The van der Waals surface area contributed by atoms with Crippen molar-refractivity contribution < 1.29 is 9.53 Å². The van der Waals surface area contributed by atoms with Crippen molar-refractivity contribution >= 4 is 23.2 Å². The van der Waals surface area contributed by atoms with E-state index < -0.39 is 0 Å². The van der Waals surface area contributed by atoms with E-state index in [9.17, 15) is 4.79 Å². The number of hydrazone groups is 1. The normalized spacial score (nSPS) is 11.1. The van der Waals surface area contributed by atoms with Gasteiger partial charge in [-0.05, 0) is 48.9 Å². The van der Waals surface area contributed by atoms with Crippen molar-refractivity contribution in [2.45, 2.75) is 13.5 Å². The Morgan fingerprint density at radius 3 is 2.75 bits per heavy atom. The first kappa shape index (κ1) is 15.7. The molecule has 1 amide bonds. The van der Waals surface area contributed by atoms with Crippen LogP contribution in [0.4, 0.5) is 0 Å². The molecule has 0 saturated heterocycles. The summed E-state index contributed by atoms with van der Waals surface area (Å²) in [4.78, 5) is 16.5. The van der Waals surface area contributed by atoms with E-state index in [1.165, 1.54) is 0 Å². The summed E-state index contributed by atoms with van der Waals surface area (Å²) in [5.74, 6) is 1.37. The van der Waals surface area contributed by atoms with Crippen LogP contribution in [0.15, 0.2) is 53.6 Å². The SMILES string of the molecule is COc1ccc(C=NNC(=O)Cn2c(C)nc3ccccc32)cc1. The number of nitrogens with zero attached hydrogens (tertiary/aromatic N) is 3. The third kappa shape index (κ3) is 3.43. The summed E-state index contributed by atoms with van der Waals surface area (Å²) in [6.07, 6.45) is 1.59. The van der Waals surface area contributed by atoms with Crippen molar-refractivity contribution in [3.8, 4) is 5.75 Å². The molecule has 0 fully saturated rings. The molecule has 0 spiro atoms. The molecule has 3 rings (SSSR count). The van der Waals surface area contributed by atoms with Crippen LogP contribution in [0.25, 0.3) is 11.0 Å². The lowest BCUT2D eigenvalue weighted by Crippen LogP contribution is -2.23. The minimum atomic E-state index is -0.203. The Bertz CT molecular complexity index is 882. The molecule has 1 heterocycles. The summed E-state index contributed by atoms with van der Waals surface area (Å²) in [5.41, 5.74) is 5.23. The maximum atomic E-state index is 12.1. The number of aryl methyl sites for hydroxylation is 1. The molecule has 2 aromatic carbocycles. The summed E-state index contributed by atoms with van der Waals surface area (Å²) in [6, 6.07) is 15.1. The highest BCUT2D eigenvalue weighted by atomic mass is 16.5. The van der Waals surface area contributed by atoms with Crippen molar-refractivity contribution in [1.82, 2.24) is 15.0 Å². The predicted octanol–water partition coefficient (Wildman–Crippen LogP) is 2.50. The van der Waals surface area contributed by atoms with E-state index in [0.717, 1.165) is 28.2 Å². The van der Waals surface area contributed by atoms with Gasteiger partial charge in [0.25, 0.3) is 5.91 Å². The summed E-state index contributed by atoms with van der Waals surface area (Å²) < 4.78 is 6.96. The molecule has 24 heavy (non-hydrogen) atoms. The molecule has 0 aliphatic carbocycles. The Hall–Kier alpha value is -3.15. The summed E-state index contributed by atoms with van der Waals surface area (Å²) in [6.45, 7) is 2.06. The third-order valence-corrected chi connectivity index (χ3v) is 3.67. The number of para-hydroxylation sites is 2. The quantitative estimate of drug-likeness (QED) is 0.580. The number of imidazole rings is 1. The second kappa shape index (κ2) is 6.95. The number of carbonyl (C=O) groups excluding carboxylic acids is 1. The van der Waals surface area contributed by atoms with Gasteiger partial charge in [-0.1, -0.05) is 12.1 Å². The fourth-order valence-electron chi connectivity index (χ4n) is 2.44. The zero-order chi connectivity index (χ0) is 16.9. The molecule has 0 saturated carbocycles. The lowest BCUT2D eigenvalue weighted by Gasteiger charge is -2.05. The Labute approximate surface area is 139 Å². The first-order valence-corrected chi connectivity index (χ1v) is 7.55. The topological polar surface area (TPSA) is 68.5 Å². The Kier molecular flexibility index (Phi) is 4.56. The van der Waals surface area contributed by atoms with E-state index in [2.05, 4.69) is 15.5 Å². The van der Waals surface area contributed by atoms with Gasteiger partial charge in [-0.25, -0.2) is 10.4 Å². The van der Waals surface area contributed by atoms with Gasteiger partial charge in [-0.3, -0.25) is 4.79 Å². The molecule has 0 radical (unpaired) electrons. The molecule has 6 heteroatoms. The highest BCUT2D eigenvalue weighted by Crippen LogP contribution is 2.15. The molecule has 1 N–H and O–H groups in total. The average Bonchev–Trinajstić information content (AvgIpc) is 2.91. The zero-order valence-corrected chi connectivity index (χ0v) is 13.6. The number of carbonyl (C=O) groups is 1. The van der Waals surface area contributed by atoms with Gasteiger partial charge in [-0.2, -0.15) is 5.10 Å². The van der Waals surface area contributed by atoms with Gasteiger partial charge in [0.05, 0.1) is 24.4 Å². The molecule has 0 aliphatic rings. The van der Waals surface area contributed by atoms with Gasteiger partial charge in [0.15, 0.2) is 0 Å². The highest BCUT2D eigenvalue weighted by Gasteiger charge is 2.09. The number of aromatic nitrogens is 2. The molecule has 6 nitrogen and oxygen atoms in total. The first-order chi connectivity index (χ1) is 11.7. The lowest BCUT2D eigenvalue weighted by atomic mass is 10.2. The van der Waals surface area contributed by atoms with Gasteiger partial charge in [0.2, 0.25) is 0 Å². The van der Waals surface area contributed by atoms with E-state index in [1.54, 1.807) is 13.3 Å². The summed E-state index contributed by atoms with van der Waals surface area (Å²) in [7, 11) is 1.62. The van der Waals surface area contributed by atoms with Crippen molar-refractivity contribution in [2.24, 2.45) is 5.10 Å². The molecular formula is C18H18N4O2. The van der Waals surface area contributed by atoms with Crippen LogP contribution in [0, 0.1) is 6.92 Å². The van der Waals surface area contributed by atoms with Crippen molar-refractivity contribution in [1.29, 1.82) is 0 Å². The van der Waals surface area contributed by atoms with E-state index in [4.69, 9.17) is 4.74 Å². The standard InChI is InChI=1S/C18H18N4O2/c1-13-20-16-5-3-4-6-17(16)22(13)12-18(23)21-19-11-14-7-9-15(24-2)10-8-14/h3-11H,12H2,1-2H3,(H,21,23). The number of ether oxygens (including phenoxy) is 1. The number of benzene rings is 2. The third-order valence-electron chi connectivity index (χ3n) is 3.67. The smallest absolute Gasteiger partial charge is 0.260 e. The van der Waals surface area contributed by atoms with Gasteiger partial charge in [0, 0.05) is 0 Å². The average molecular weight is 322 g/mol. The van der Waals surface area contributed by atoms with Gasteiger partial charge in [-0.15, -0.1) is 0 Å². The van der Waals surface area contributed by atoms with E-state index in [0.29, 0.717) is 0 Å². The molecule has 122 valence electrons. The molecule has 1 aromatic heterocycles. The van der Waals surface area contributed by atoms with Crippen LogP contribution >= 0.6 is 0 Å². The summed E-state index contributed by atoms with van der Waals surface area (Å²) in [5, 5.41) is 3.99. The Balaban J connectivity index is 1.64. The second-order valence-corrected chi connectivity index (χ2v) is 5.30. The van der Waals surface area contributed by atoms with Crippen LogP contribution in [0.5, 0.6) is 5.75 Å². The van der Waals surface area contributed by atoms with Crippen LogP contribution in [0.2, 0.25) is 0 Å². The monoisotopic (exact) mass is 322 g/mol. The molecule has 0 bridgehead atoms. The number of rotatable bonds is 5. The van der Waals surface area contributed by atoms with Crippen LogP contribution in [0.3, 0.4) is 0 Å². The summed E-state index contributed by atoms with van der Waals surface area (Å²) >= 11 is 0. The lowest BCUT2D eigenvalue weighted by molar-refractivity contribution is -0.121. The fourth-order valence-corrected chi connectivity index (χ4v) is 2.44. The number of fused-ring (bicyclic) bond motifs is 1. The Morgan fingerprint density at radius 1 is 1.25 bits per heavy atom. The maximum Gasteiger partial charge on any atom is 0.260 e. The van der Waals surface area contributed by atoms with Crippen LogP contribution < -0.4 is 10.2 Å². The van der Waals surface area contributed by atoms with Crippen molar-refractivity contribution in [2.75, 3.05) is 7.11 Å². The fraction of sp³-hybridized carbons (Fsp3) is 0.167. The Morgan fingerprint density at radius 2 is 2.00 bits per heavy atom. The first-order valence-electron chi connectivity index (χ1n) is 7.55. The maximum absolute atomic E-state index is 12.1. The number of amides is 1. The van der Waals surface area contributed by atoms with Crippen LogP contribution in [-0.4, -0.2) is 28.8 Å². The minimum Gasteiger partial charge on any atom is -0.497 e. The van der Waals surface area contributed by atoms with Crippen LogP contribution in [0.1, 0.15) is 11.4 Å². The minimum absolute atomic E-state index is 0.173. The number of hydrogen-bond donors (Lipinski definition) is 1. The van der Waals surface area contributed by atoms with E-state index in [-0.39, 0.29) is 12.5 Å². The largest absolute Gasteiger partial charge is 0.497 e. The number of nitrogens with one attached hydrogen (secondary N) is 1. The number of hydrogen-bond acceptors (Lipinski definition) is 4. The van der Waals surface area contributed by atoms with Crippen molar-refractivity contribution in [3.63, 3.8) is 0 Å². The van der Waals surface area contributed by atoms with E-state index >= 15 is 0 Å². The zero-order valence-electron chi connectivity index (χ0n) is 13.6. The second-order valence-electron chi connectivity index (χ2n) is 5.30. The van der Waals surface area contributed by atoms with Crippen LogP contribution in [-0.2, 0) is 11.3 Å². The highest BCUT2D eigenvalue weighted by molar-refractivity contribution is 5.84.